The molecule has 0 spiro atoms. The molecule has 5 nitrogen and oxygen atoms in total. The lowest BCUT2D eigenvalue weighted by Crippen LogP contribution is -2.07. The summed E-state index contributed by atoms with van der Waals surface area (Å²) in [6, 6.07) is 8.33. The summed E-state index contributed by atoms with van der Waals surface area (Å²) in [5, 5.41) is 9.08. The van der Waals surface area contributed by atoms with Crippen LogP contribution in [-0.2, 0) is 16.6 Å². The molecule has 0 saturated carbocycles. The van der Waals surface area contributed by atoms with Gasteiger partial charge in [0, 0.05) is 12.6 Å². The molecule has 0 unspecified atom stereocenters. The maximum Gasteiger partial charge on any atom is 0.316 e. The van der Waals surface area contributed by atoms with Crippen LogP contribution in [0.25, 0.3) is 11.4 Å². The van der Waals surface area contributed by atoms with Crippen molar-refractivity contribution in [2.45, 2.75) is 31.8 Å². The van der Waals surface area contributed by atoms with Crippen molar-refractivity contribution >= 4 is 17.7 Å². The Morgan fingerprint density at radius 2 is 1.95 bits per heavy atom. The second kappa shape index (κ2) is 7.45. The minimum atomic E-state index is -0.238. The highest BCUT2D eigenvalue weighted by Crippen LogP contribution is 2.24. The Hall–Kier alpha value is -1.82. The molecule has 1 heterocycles. The summed E-state index contributed by atoms with van der Waals surface area (Å²) in [6.45, 7) is 6.53. The third-order valence-corrected chi connectivity index (χ3v) is 4.29. The smallest absolute Gasteiger partial charge is 0.316 e. The quantitative estimate of drug-likeness (QED) is 0.604. The van der Waals surface area contributed by atoms with Gasteiger partial charge in [-0.25, -0.2) is 0 Å². The lowest BCUT2D eigenvalue weighted by molar-refractivity contribution is -0.139. The Kier molecular flexibility index (Phi) is 5.60. The summed E-state index contributed by atoms with van der Waals surface area (Å²) >= 11 is 1.33. The fraction of sp³-hybridized carbons (Fsp3) is 0.438. The minimum absolute atomic E-state index is 0.238. The Balaban J connectivity index is 2.11. The molecule has 0 N–H and O–H groups in total. The van der Waals surface area contributed by atoms with E-state index in [0.29, 0.717) is 17.7 Å². The van der Waals surface area contributed by atoms with Gasteiger partial charge in [0.05, 0.1) is 12.4 Å². The first-order valence-corrected chi connectivity index (χ1v) is 8.29. The first kappa shape index (κ1) is 16.5. The van der Waals surface area contributed by atoms with E-state index < -0.39 is 0 Å². The topological polar surface area (TPSA) is 57.0 Å². The lowest BCUT2D eigenvalue weighted by Gasteiger charge is -2.07. The Bertz CT molecular complexity index is 635. The van der Waals surface area contributed by atoms with E-state index >= 15 is 0 Å². The van der Waals surface area contributed by atoms with E-state index in [-0.39, 0.29) is 11.7 Å². The molecule has 6 heteroatoms. The van der Waals surface area contributed by atoms with Crippen LogP contribution in [0, 0.1) is 0 Å². The molecule has 0 amide bonds. The molecule has 118 valence electrons. The highest BCUT2D eigenvalue weighted by atomic mass is 32.2. The van der Waals surface area contributed by atoms with Crippen molar-refractivity contribution in [3.8, 4) is 11.4 Å². The largest absolute Gasteiger partial charge is 0.465 e. The fourth-order valence-electron chi connectivity index (χ4n) is 2.04. The molecule has 0 atom stereocenters. The summed E-state index contributed by atoms with van der Waals surface area (Å²) in [5.74, 6) is 1.30. The fourth-order valence-corrected chi connectivity index (χ4v) is 2.74. The summed E-state index contributed by atoms with van der Waals surface area (Å²) in [4.78, 5) is 11.4. The van der Waals surface area contributed by atoms with Gasteiger partial charge in [-0.1, -0.05) is 49.9 Å². The average Bonchev–Trinajstić information content (AvgIpc) is 2.86. The first-order chi connectivity index (χ1) is 10.5. The van der Waals surface area contributed by atoms with Crippen molar-refractivity contribution in [3.63, 3.8) is 0 Å². The monoisotopic (exact) mass is 319 g/mol. The molecule has 0 bridgehead atoms. The predicted molar refractivity (Wildman–Crippen MR) is 87.9 cm³/mol. The molecule has 2 rings (SSSR count). The highest BCUT2D eigenvalue weighted by molar-refractivity contribution is 7.99. The van der Waals surface area contributed by atoms with Gasteiger partial charge in [0.15, 0.2) is 11.0 Å². The van der Waals surface area contributed by atoms with Crippen molar-refractivity contribution in [2.75, 3.05) is 12.4 Å². The summed E-state index contributed by atoms with van der Waals surface area (Å²) in [7, 11) is 1.90. The van der Waals surface area contributed by atoms with Crippen LogP contribution < -0.4 is 0 Å². The standard InChI is InChI=1S/C16H21N3O2S/c1-5-21-14(20)10-22-16-18-17-15(19(16)4)13-8-6-12(7-9-13)11(2)3/h6-9,11H,5,10H2,1-4H3. The van der Waals surface area contributed by atoms with Gasteiger partial charge in [-0.3, -0.25) is 4.79 Å². The maximum absolute atomic E-state index is 11.4. The number of benzene rings is 1. The van der Waals surface area contributed by atoms with Crippen molar-refractivity contribution in [3.05, 3.63) is 29.8 Å². The van der Waals surface area contributed by atoms with Gasteiger partial charge in [-0.2, -0.15) is 0 Å². The molecule has 0 radical (unpaired) electrons. The van der Waals surface area contributed by atoms with Crippen molar-refractivity contribution in [1.82, 2.24) is 14.8 Å². The zero-order valence-corrected chi connectivity index (χ0v) is 14.2. The Morgan fingerprint density at radius 1 is 1.27 bits per heavy atom. The van der Waals surface area contributed by atoms with Crippen LogP contribution in [0.1, 0.15) is 32.3 Å². The summed E-state index contributed by atoms with van der Waals surface area (Å²) in [6.07, 6.45) is 0. The molecule has 1 aromatic heterocycles. The molecule has 0 fully saturated rings. The highest BCUT2D eigenvalue weighted by Gasteiger charge is 2.13. The molecule has 22 heavy (non-hydrogen) atoms. The van der Waals surface area contributed by atoms with Crippen molar-refractivity contribution in [2.24, 2.45) is 7.05 Å². The average molecular weight is 319 g/mol. The van der Waals surface area contributed by atoms with E-state index in [0.717, 1.165) is 11.4 Å². The number of ether oxygens (including phenoxy) is 1. The second-order valence-electron chi connectivity index (χ2n) is 5.24. The maximum atomic E-state index is 11.4. The summed E-state index contributed by atoms with van der Waals surface area (Å²) in [5.41, 5.74) is 2.31. The van der Waals surface area contributed by atoms with Crippen LogP contribution in [0.3, 0.4) is 0 Å². The van der Waals surface area contributed by atoms with Crippen LogP contribution >= 0.6 is 11.8 Å². The van der Waals surface area contributed by atoms with Gasteiger partial charge in [0.25, 0.3) is 0 Å². The SMILES string of the molecule is CCOC(=O)CSc1nnc(-c2ccc(C(C)C)cc2)n1C. The molecule has 0 aliphatic heterocycles. The van der Waals surface area contributed by atoms with Crippen molar-refractivity contribution < 1.29 is 9.53 Å². The number of carbonyl (C=O) groups excluding carboxylic acids is 1. The lowest BCUT2D eigenvalue weighted by atomic mass is 10.0. The van der Waals surface area contributed by atoms with Crippen molar-refractivity contribution in [1.29, 1.82) is 0 Å². The van der Waals surface area contributed by atoms with E-state index in [4.69, 9.17) is 4.74 Å². The number of esters is 1. The zero-order chi connectivity index (χ0) is 16.1. The molecule has 0 aliphatic carbocycles. The summed E-state index contributed by atoms with van der Waals surface area (Å²) < 4.78 is 6.81. The van der Waals surface area contributed by atoms with Gasteiger partial charge < -0.3 is 9.30 Å². The molecule has 1 aromatic carbocycles. The van der Waals surface area contributed by atoms with E-state index in [1.165, 1.54) is 17.3 Å². The third-order valence-electron chi connectivity index (χ3n) is 3.29. The van der Waals surface area contributed by atoms with E-state index in [9.17, 15) is 4.79 Å². The van der Waals surface area contributed by atoms with Crippen LogP contribution in [0.4, 0.5) is 0 Å². The zero-order valence-electron chi connectivity index (χ0n) is 13.4. The normalized spacial score (nSPS) is 11.0. The number of aromatic nitrogens is 3. The number of hydrogen-bond donors (Lipinski definition) is 0. The van der Waals surface area contributed by atoms with Gasteiger partial charge in [-0.15, -0.1) is 10.2 Å². The van der Waals surface area contributed by atoms with E-state index in [1.54, 1.807) is 6.92 Å². The van der Waals surface area contributed by atoms with E-state index in [1.807, 2.05) is 11.6 Å². The van der Waals surface area contributed by atoms with Crippen LogP contribution in [0.2, 0.25) is 0 Å². The Labute approximate surface area is 135 Å². The molecular formula is C16H21N3O2S. The predicted octanol–water partition coefficient (Wildman–Crippen LogP) is 3.26. The van der Waals surface area contributed by atoms with Crippen LogP contribution in [0.5, 0.6) is 0 Å². The molecule has 2 aromatic rings. The van der Waals surface area contributed by atoms with Gasteiger partial charge in [0.1, 0.15) is 0 Å². The number of rotatable bonds is 6. The van der Waals surface area contributed by atoms with Gasteiger partial charge in [0.2, 0.25) is 0 Å². The molecule has 0 aliphatic rings. The molecular weight excluding hydrogens is 298 g/mol. The number of carbonyl (C=O) groups is 1. The second-order valence-corrected chi connectivity index (χ2v) is 6.18. The first-order valence-electron chi connectivity index (χ1n) is 7.31. The Morgan fingerprint density at radius 3 is 2.55 bits per heavy atom. The molecule has 0 saturated heterocycles. The number of nitrogens with zero attached hydrogens (tertiary/aromatic N) is 3. The van der Waals surface area contributed by atoms with Crippen LogP contribution in [0.15, 0.2) is 29.4 Å². The van der Waals surface area contributed by atoms with Gasteiger partial charge in [-0.05, 0) is 18.4 Å². The van der Waals surface area contributed by atoms with E-state index in [2.05, 4.69) is 48.3 Å². The van der Waals surface area contributed by atoms with Gasteiger partial charge >= 0.3 is 5.97 Å². The third kappa shape index (κ3) is 3.88. The minimum Gasteiger partial charge on any atom is -0.465 e. The number of hydrogen-bond acceptors (Lipinski definition) is 5. The number of thioether (sulfide) groups is 1. The van der Waals surface area contributed by atoms with Crippen LogP contribution in [-0.4, -0.2) is 33.1 Å².